The molecule has 0 aromatic rings. The Kier molecular flexibility index (Phi) is 4.37. The molecule has 102 valence electrons. The van der Waals surface area contributed by atoms with Crippen molar-refractivity contribution in [3.63, 3.8) is 0 Å². The van der Waals surface area contributed by atoms with Crippen LogP contribution in [0.3, 0.4) is 0 Å². The Morgan fingerprint density at radius 3 is 2.32 bits per heavy atom. The van der Waals surface area contributed by atoms with E-state index in [0.717, 1.165) is 25.7 Å². The van der Waals surface area contributed by atoms with Crippen LogP contribution in [0.1, 0.15) is 25.7 Å². The van der Waals surface area contributed by atoms with Crippen LogP contribution in [0.25, 0.3) is 0 Å². The van der Waals surface area contributed by atoms with Gasteiger partial charge >= 0.3 is 6.03 Å². The second kappa shape index (κ2) is 6.02. The number of urea groups is 1. The van der Waals surface area contributed by atoms with Crippen molar-refractivity contribution in [2.24, 2.45) is 5.92 Å². The van der Waals surface area contributed by atoms with E-state index in [9.17, 15) is 14.4 Å². The van der Waals surface area contributed by atoms with Gasteiger partial charge < -0.3 is 0 Å². The minimum absolute atomic E-state index is 0.0715. The lowest BCUT2D eigenvalue weighted by Crippen LogP contribution is -2.51. The fourth-order valence-corrected chi connectivity index (χ4v) is 2.62. The van der Waals surface area contributed by atoms with Crippen molar-refractivity contribution in [1.29, 1.82) is 0 Å². The highest BCUT2D eigenvalue weighted by molar-refractivity contribution is 6.29. The Balaban J connectivity index is 2.02. The van der Waals surface area contributed by atoms with E-state index in [4.69, 9.17) is 11.6 Å². The molecule has 6 heteroatoms. The molecule has 2 fully saturated rings. The summed E-state index contributed by atoms with van der Waals surface area (Å²) in [6.07, 6.45) is 9.29. The summed E-state index contributed by atoms with van der Waals surface area (Å²) >= 11 is 6.21. The average molecular weight is 283 g/mol. The third kappa shape index (κ3) is 3.44. The van der Waals surface area contributed by atoms with Gasteiger partial charge in [0.1, 0.15) is 5.57 Å². The van der Waals surface area contributed by atoms with E-state index >= 15 is 0 Å². The van der Waals surface area contributed by atoms with E-state index in [1.165, 1.54) is 6.08 Å². The van der Waals surface area contributed by atoms with Crippen LogP contribution >= 0.6 is 11.6 Å². The third-order valence-corrected chi connectivity index (χ3v) is 3.84. The zero-order valence-electron chi connectivity index (χ0n) is 10.3. The van der Waals surface area contributed by atoms with Crippen molar-refractivity contribution in [3.05, 3.63) is 23.8 Å². The van der Waals surface area contributed by atoms with Crippen molar-refractivity contribution >= 4 is 29.4 Å². The Hall–Kier alpha value is -1.62. The predicted octanol–water partition coefficient (Wildman–Crippen LogP) is 1.63. The number of amides is 4. The number of carbonyl (C=O) groups excluding carboxylic acids is 3. The van der Waals surface area contributed by atoms with E-state index in [1.807, 2.05) is 16.7 Å². The first-order valence-electron chi connectivity index (χ1n) is 6.27. The van der Waals surface area contributed by atoms with Gasteiger partial charge in [-0.25, -0.2) is 4.79 Å². The number of halogens is 1. The largest absolute Gasteiger partial charge is 0.328 e. The van der Waals surface area contributed by atoms with Crippen LogP contribution in [0.15, 0.2) is 23.8 Å². The molecule has 1 aliphatic heterocycles. The maximum absolute atomic E-state index is 11.4. The predicted molar refractivity (Wildman–Crippen MR) is 70.5 cm³/mol. The fraction of sp³-hybridized carbons (Fsp3) is 0.462. The molecular weight excluding hydrogens is 268 g/mol. The molecule has 2 unspecified atom stereocenters. The first kappa shape index (κ1) is 13.8. The van der Waals surface area contributed by atoms with E-state index in [-0.39, 0.29) is 16.9 Å². The lowest BCUT2D eigenvalue weighted by atomic mass is 9.88. The molecule has 0 aromatic carbocycles. The highest BCUT2D eigenvalue weighted by Gasteiger charge is 2.27. The van der Waals surface area contributed by atoms with E-state index in [2.05, 4.69) is 0 Å². The normalized spacial score (nSPS) is 28.3. The summed E-state index contributed by atoms with van der Waals surface area (Å²) in [7, 11) is 0. The molecule has 2 aliphatic rings. The number of hydrogen-bond donors (Lipinski definition) is 2. The topological polar surface area (TPSA) is 75.3 Å². The van der Waals surface area contributed by atoms with Crippen molar-refractivity contribution in [2.45, 2.75) is 31.1 Å². The number of allylic oxidation sites excluding steroid dienone is 3. The van der Waals surface area contributed by atoms with Gasteiger partial charge in [0, 0.05) is 5.38 Å². The monoisotopic (exact) mass is 282 g/mol. The molecule has 0 spiro atoms. The second-order valence-corrected chi connectivity index (χ2v) is 5.23. The van der Waals surface area contributed by atoms with Gasteiger partial charge in [-0.3, -0.25) is 20.2 Å². The van der Waals surface area contributed by atoms with Crippen LogP contribution in [0.4, 0.5) is 4.79 Å². The number of alkyl halides is 1. The standard InChI is InChI=1S/C13H15ClN2O3/c14-10-7-2-1-4-8(10)5-3-6-9-11(17)15-13(19)16-12(9)18/h3,5-6,8,10H,1-2,4,7H2,(H2,15,16,17,18,19)/b5-3+. The summed E-state index contributed by atoms with van der Waals surface area (Å²) in [5.41, 5.74) is -0.0715. The van der Waals surface area contributed by atoms with Crippen LogP contribution < -0.4 is 10.6 Å². The zero-order chi connectivity index (χ0) is 13.8. The lowest BCUT2D eigenvalue weighted by molar-refractivity contribution is -0.124. The smallest absolute Gasteiger partial charge is 0.273 e. The number of rotatable bonds is 2. The minimum Gasteiger partial charge on any atom is -0.273 e. The van der Waals surface area contributed by atoms with Crippen LogP contribution in [0.2, 0.25) is 0 Å². The van der Waals surface area contributed by atoms with Crippen LogP contribution in [0.5, 0.6) is 0 Å². The summed E-state index contributed by atoms with van der Waals surface area (Å²) in [5.74, 6) is -1.09. The Morgan fingerprint density at radius 1 is 1.05 bits per heavy atom. The van der Waals surface area contributed by atoms with Crippen LogP contribution in [0, 0.1) is 5.92 Å². The van der Waals surface area contributed by atoms with E-state index in [1.54, 1.807) is 6.08 Å². The molecule has 1 aliphatic carbocycles. The number of nitrogens with one attached hydrogen (secondary N) is 2. The Morgan fingerprint density at radius 2 is 1.68 bits per heavy atom. The van der Waals surface area contributed by atoms with Gasteiger partial charge in [0.05, 0.1) is 0 Å². The van der Waals surface area contributed by atoms with Gasteiger partial charge in [-0.15, -0.1) is 11.6 Å². The van der Waals surface area contributed by atoms with Crippen molar-refractivity contribution < 1.29 is 14.4 Å². The Bertz CT molecular complexity index is 449. The summed E-state index contributed by atoms with van der Waals surface area (Å²) in [6, 6.07) is -0.788. The molecule has 2 rings (SSSR count). The number of barbiturate groups is 1. The highest BCUT2D eigenvalue weighted by atomic mass is 35.5. The summed E-state index contributed by atoms with van der Waals surface area (Å²) in [6.45, 7) is 0. The first-order chi connectivity index (χ1) is 9.08. The molecule has 0 radical (unpaired) electrons. The third-order valence-electron chi connectivity index (χ3n) is 3.30. The van der Waals surface area contributed by atoms with Gasteiger partial charge in [0.15, 0.2) is 0 Å². The molecule has 1 heterocycles. The van der Waals surface area contributed by atoms with Crippen LogP contribution in [-0.2, 0) is 9.59 Å². The lowest BCUT2D eigenvalue weighted by Gasteiger charge is -2.23. The SMILES string of the molecule is O=C1NC(=O)C(=C/C=C/C2CCCCC2Cl)C(=O)N1. The van der Waals surface area contributed by atoms with Gasteiger partial charge in [-0.1, -0.05) is 25.0 Å². The van der Waals surface area contributed by atoms with Gasteiger partial charge in [-0.05, 0) is 24.8 Å². The maximum atomic E-state index is 11.4. The average Bonchev–Trinajstić information content (AvgIpc) is 2.34. The molecule has 0 aromatic heterocycles. The quantitative estimate of drug-likeness (QED) is 0.459. The summed E-state index contributed by atoms with van der Waals surface area (Å²) < 4.78 is 0. The number of hydrogen-bond acceptors (Lipinski definition) is 3. The van der Waals surface area contributed by atoms with Gasteiger partial charge in [0.25, 0.3) is 11.8 Å². The van der Waals surface area contributed by atoms with Crippen molar-refractivity contribution in [1.82, 2.24) is 10.6 Å². The number of carbonyl (C=O) groups is 3. The maximum Gasteiger partial charge on any atom is 0.328 e. The second-order valence-electron chi connectivity index (χ2n) is 4.67. The van der Waals surface area contributed by atoms with E-state index in [0.29, 0.717) is 0 Å². The number of imide groups is 2. The molecule has 5 nitrogen and oxygen atoms in total. The molecule has 2 atom stereocenters. The minimum atomic E-state index is -0.788. The molecular formula is C13H15ClN2O3. The molecule has 2 N–H and O–H groups in total. The Labute approximate surface area is 116 Å². The first-order valence-corrected chi connectivity index (χ1v) is 6.71. The molecule has 1 saturated heterocycles. The zero-order valence-corrected chi connectivity index (χ0v) is 11.1. The van der Waals surface area contributed by atoms with Crippen molar-refractivity contribution in [2.75, 3.05) is 0 Å². The summed E-state index contributed by atoms with van der Waals surface area (Å²) in [4.78, 5) is 33.7. The van der Waals surface area contributed by atoms with Gasteiger partial charge in [0.2, 0.25) is 0 Å². The molecule has 0 bridgehead atoms. The van der Waals surface area contributed by atoms with Crippen molar-refractivity contribution in [3.8, 4) is 0 Å². The molecule has 4 amide bonds. The molecule has 19 heavy (non-hydrogen) atoms. The van der Waals surface area contributed by atoms with E-state index < -0.39 is 17.8 Å². The van der Waals surface area contributed by atoms with Crippen LogP contribution in [-0.4, -0.2) is 23.2 Å². The summed E-state index contributed by atoms with van der Waals surface area (Å²) in [5, 5.41) is 4.15. The highest BCUT2D eigenvalue weighted by Crippen LogP contribution is 2.29. The van der Waals surface area contributed by atoms with Gasteiger partial charge in [-0.2, -0.15) is 0 Å². The molecule has 1 saturated carbocycles. The fourth-order valence-electron chi connectivity index (χ4n) is 2.25.